The molecule has 1 aliphatic heterocycles. The number of rotatable bonds is 5. The van der Waals surface area contributed by atoms with E-state index >= 15 is 0 Å². The largest absolute Gasteiger partial charge is 0.378 e. The van der Waals surface area contributed by atoms with Crippen LogP contribution in [0.5, 0.6) is 0 Å². The molecule has 0 unspecified atom stereocenters. The van der Waals surface area contributed by atoms with E-state index in [9.17, 15) is 4.79 Å². The molecular formula is C15H16N6O2S. The van der Waals surface area contributed by atoms with E-state index in [0.717, 1.165) is 4.90 Å². The Labute approximate surface area is 143 Å². The number of amides is 1. The van der Waals surface area contributed by atoms with E-state index in [1.54, 1.807) is 24.7 Å². The van der Waals surface area contributed by atoms with Crippen LogP contribution >= 0.6 is 11.8 Å². The number of thioether (sulfide) groups is 1. The van der Waals surface area contributed by atoms with Crippen LogP contribution in [-0.2, 0) is 9.53 Å². The zero-order valence-electron chi connectivity index (χ0n) is 12.8. The van der Waals surface area contributed by atoms with Crippen molar-refractivity contribution < 1.29 is 9.53 Å². The van der Waals surface area contributed by atoms with Gasteiger partial charge in [-0.05, 0) is 6.07 Å². The van der Waals surface area contributed by atoms with E-state index in [4.69, 9.17) is 10.5 Å². The third-order valence-corrected chi connectivity index (χ3v) is 4.40. The lowest BCUT2D eigenvalue weighted by Gasteiger charge is -2.31. The van der Waals surface area contributed by atoms with E-state index in [2.05, 4.69) is 19.9 Å². The fraction of sp³-hybridized carbons (Fsp3) is 0.267. The molecule has 0 bridgehead atoms. The standard InChI is InChI=1S/C15H16N6O2S/c16-15(22)13(21-3-5-23-6-4-21)14(12-1-2-17-10-20-12)24-11-7-18-9-19-8-11/h1-2,7-10H,3-6H2,(H2,16,22)/b14-13+. The van der Waals surface area contributed by atoms with Gasteiger partial charge in [-0.3, -0.25) is 4.79 Å². The molecule has 2 aromatic rings. The van der Waals surface area contributed by atoms with E-state index in [1.807, 2.05) is 4.90 Å². The number of nitrogens with zero attached hydrogens (tertiary/aromatic N) is 5. The Morgan fingerprint density at radius 2 is 1.92 bits per heavy atom. The second-order valence-electron chi connectivity index (χ2n) is 4.91. The average molecular weight is 344 g/mol. The summed E-state index contributed by atoms with van der Waals surface area (Å²) in [6, 6.07) is 1.75. The molecule has 0 aliphatic carbocycles. The average Bonchev–Trinajstić information content (AvgIpc) is 2.63. The van der Waals surface area contributed by atoms with Crippen LogP contribution in [0.2, 0.25) is 0 Å². The van der Waals surface area contributed by atoms with Crippen LogP contribution in [0, 0.1) is 0 Å². The van der Waals surface area contributed by atoms with Crippen LogP contribution in [0.25, 0.3) is 4.91 Å². The lowest BCUT2D eigenvalue weighted by molar-refractivity contribution is -0.116. The molecule has 24 heavy (non-hydrogen) atoms. The number of aromatic nitrogens is 4. The lowest BCUT2D eigenvalue weighted by Crippen LogP contribution is -2.40. The van der Waals surface area contributed by atoms with Gasteiger partial charge in [0.2, 0.25) is 0 Å². The molecule has 124 valence electrons. The van der Waals surface area contributed by atoms with E-state index in [1.165, 1.54) is 24.4 Å². The van der Waals surface area contributed by atoms with E-state index in [0.29, 0.717) is 42.6 Å². The predicted octanol–water partition coefficient (Wildman–Crippen LogP) is 0.545. The first-order chi connectivity index (χ1) is 11.8. The summed E-state index contributed by atoms with van der Waals surface area (Å²) < 4.78 is 5.36. The summed E-state index contributed by atoms with van der Waals surface area (Å²) in [7, 11) is 0. The normalized spacial score (nSPS) is 15.8. The summed E-state index contributed by atoms with van der Waals surface area (Å²) in [5.74, 6) is -0.505. The molecule has 0 aromatic carbocycles. The van der Waals surface area contributed by atoms with Gasteiger partial charge in [0.15, 0.2) is 0 Å². The first kappa shape index (κ1) is 16.3. The summed E-state index contributed by atoms with van der Waals surface area (Å²) >= 11 is 1.35. The molecule has 9 heteroatoms. The van der Waals surface area contributed by atoms with Crippen molar-refractivity contribution in [2.45, 2.75) is 4.90 Å². The Kier molecular flexibility index (Phi) is 5.34. The molecule has 0 radical (unpaired) electrons. The highest BCUT2D eigenvalue weighted by atomic mass is 32.2. The molecule has 1 aliphatic rings. The van der Waals surface area contributed by atoms with Gasteiger partial charge in [-0.1, -0.05) is 11.8 Å². The van der Waals surface area contributed by atoms with Gasteiger partial charge in [-0.25, -0.2) is 19.9 Å². The third-order valence-electron chi connectivity index (χ3n) is 3.35. The molecule has 0 atom stereocenters. The highest BCUT2D eigenvalue weighted by Gasteiger charge is 2.24. The van der Waals surface area contributed by atoms with Crippen LogP contribution in [0.15, 0.2) is 47.9 Å². The van der Waals surface area contributed by atoms with Crippen LogP contribution in [0.4, 0.5) is 0 Å². The Hall–Kier alpha value is -2.52. The first-order valence-electron chi connectivity index (χ1n) is 7.31. The zero-order chi connectivity index (χ0) is 16.8. The van der Waals surface area contributed by atoms with Crippen molar-refractivity contribution in [1.29, 1.82) is 0 Å². The molecule has 0 spiro atoms. The molecule has 3 heterocycles. The highest BCUT2D eigenvalue weighted by molar-refractivity contribution is 8.08. The van der Waals surface area contributed by atoms with Gasteiger partial charge in [0, 0.05) is 36.6 Å². The second-order valence-corrected chi connectivity index (χ2v) is 6.00. The summed E-state index contributed by atoms with van der Waals surface area (Å²) in [6.45, 7) is 2.29. The fourth-order valence-electron chi connectivity index (χ4n) is 2.30. The Balaban J connectivity index is 2.07. The maximum absolute atomic E-state index is 12.2. The molecule has 2 aromatic heterocycles. The van der Waals surface area contributed by atoms with E-state index in [-0.39, 0.29) is 0 Å². The van der Waals surface area contributed by atoms with Crippen molar-refractivity contribution in [2.24, 2.45) is 5.73 Å². The summed E-state index contributed by atoms with van der Waals surface area (Å²) in [5, 5.41) is 0. The minimum Gasteiger partial charge on any atom is -0.378 e. The second kappa shape index (κ2) is 7.84. The number of morpholine rings is 1. The number of carbonyl (C=O) groups is 1. The Morgan fingerprint density at radius 3 is 2.54 bits per heavy atom. The van der Waals surface area contributed by atoms with Crippen molar-refractivity contribution in [2.75, 3.05) is 26.3 Å². The van der Waals surface area contributed by atoms with Crippen LogP contribution in [0.3, 0.4) is 0 Å². The number of ether oxygens (including phenoxy) is 1. The van der Waals surface area contributed by atoms with Gasteiger partial charge in [-0.2, -0.15) is 0 Å². The maximum atomic E-state index is 12.2. The molecule has 1 saturated heterocycles. The maximum Gasteiger partial charge on any atom is 0.266 e. The highest BCUT2D eigenvalue weighted by Crippen LogP contribution is 2.36. The van der Waals surface area contributed by atoms with Crippen LogP contribution in [-0.4, -0.2) is 57.0 Å². The van der Waals surface area contributed by atoms with Crippen molar-refractivity contribution in [3.8, 4) is 0 Å². The summed E-state index contributed by atoms with van der Waals surface area (Å²) in [6.07, 6.45) is 7.88. The first-order valence-corrected chi connectivity index (χ1v) is 8.13. The quantitative estimate of drug-likeness (QED) is 0.619. The number of hydrogen-bond acceptors (Lipinski definition) is 8. The topological polar surface area (TPSA) is 107 Å². The lowest BCUT2D eigenvalue weighted by atomic mass is 10.2. The molecule has 3 rings (SSSR count). The minimum atomic E-state index is -0.505. The van der Waals surface area contributed by atoms with Gasteiger partial charge in [0.05, 0.1) is 23.8 Å². The van der Waals surface area contributed by atoms with Crippen LogP contribution < -0.4 is 5.73 Å². The number of primary amides is 1. The Bertz CT molecular complexity index is 719. The Morgan fingerprint density at radius 1 is 1.17 bits per heavy atom. The third kappa shape index (κ3) is 3.87. The predicted molar refractivity (Wildman–Crippen MR) is 88.4 cm³/mol. The van der Waals surface area contributed by atoms with Gasteiger partial charge >= 0.3 is 0 Å². The minimum absolute atomic E-state index is 0.422. The van der Waals surface area contributed by atoms with Gasteiger partial charge in [-0.15, -0.1) is 0 Å². The zero-order valence-corrected chi connectivity index (χ0v) is 13.6. The molecule has 1 fully saturated rings. The molecule has 1 amide bonds. The summed E-state index contributed by atoms with van der Waals surface area (Å²) in [5.41, 5.74) is 6.74. The molecule has 0 saturated carbocycles. The SMILES string of the molecule is NC(=O)/C(=C(\Sc1cncnc1)c1ccncn1)N1CCOCC1. The van der Waals surface area contributed by atoms with Crippen molar-refractivity contribution in [3.63, 3.8) is 0 Å². The van der Waals surface area contributed by atoms with Gasteiger partial charge < -0.3 is 15.4 Å². The number of nitrogens with two attached hydrogens (primary N) is 1. The molecule has 8 nitrogen and oxygen atoms in total. The van der Waals surface area contributed by atoms with E-state index < -0.39 is 5.91 Å². The van der Waals surface area contributed by atoms with Gasteiger partial charge in [0.1, 0.15) is 18.4 Å². The van der Waals surface area contributed by atoms with Crippen LogP contribution in [0.1, 0.15) is 5.69 Å². The van der Waals surface area contributed by atoms with Gasteiger partial charge in [0.25, 0.3) is 5.91 Å². The monoisotopic (exact) mass is 344 g/mol. The fourth-order valence-corrected chi connectivity index (χ4v) is 3.32. The van der Waals surface area contributed by atoms with Crippen molar-refractivity contribution >= 4 is 22.6 Å². The molecular weight excluding hydrogens is 328 g/mol. The smallest absolute Gasteiger partial charge is 0.266 e. The van der Waals surface area contributed by atoms with Crippen molar-refractivity contribution in [3.05, 3.63) is 48.7 Å². The summed E-state index contributed by atoms with van der Waals surface area (Å²) in [4.78, 5) is 31.8. The van der Waals surface area contributed by atoms with Crippen molar-refractivity contribution in [1.82, 2.24) is 24.8 Å². The number of carbonyl (C=O) groups excluding carboxylic acids is 1. The molecule has 2 N–H and O–H groups in total. The number of hydrogen-bond donors (Lipinski definition) is 1.